The first-order valence-electron chi connectivity index (χ1n) is 7.94. The summed E-state index contributed by atoms with van der Waals surface area (Å²) in [6.07, 6.45) is 0.273. The van der Waals surface area contributed by atoms with Gasteiger partial charge in [-0.1, -0.05) is 23.6 Å². The number of likely N-dealkylation sites (N-methyl/N-ethyl adjacent to an activating group) is 1. The molecule has 24 heavy (non-hydrogen) atoms. The van der Waals surface area contributed by atoms with E-state index in [9.17, 15) is 4.79 Å². The van der Waals surface area contributed by atoms with Gasteiger partial charge < -0.3 is 14.5 Å². The Morgan fingerprint density at radius 2 is 1.83 bits per heavy atom. The van der Waals surface area contributed by atoms with Crippen molar-refractivity contribution < 1.29 is 9.53 Å². The van der Waals surface area contributed by atoms with Crippen molar-refractivity contribution in [1.82, 2.24) is 24.6 Å². The number of piperazine rings is 1. The fourth-order valence-corrected chi connectivity index (χ4v) is 2.70. The Morgan fingerprint density at radius 1 is 1.17 bits per heavy atom. The minimum atomic E-state index is -0.395. The maximum atomic E-state index is 12.4. The van der Waals surface area contributed by atoms with E-state index in [1.165, 1.54) is 0 Å². The predicted molar refractivity (Wildman–Crippen MR) is 90.8 cm³/mol. The van der Waals surface area contributed by atoms with Crippen molar-refractivity contribution in [3.63, 3.8) is 0 Å². The van der Waals surface area contributed by atoms with E-state index >= 15 is 0 Å². The van der Waals surface area contributed by atoms with Gasteiger partial charge in [-0.2, -0.15) is 0 Å². The number of aromatic nitrogens is 3. The van der Waals surface area contributed by atoms with Gasteiger partial charge >= 0.3 is 12.1 Å². The lowest BCUT2D eigenvalue weighted by atomic mass is 10.3. The van der Waals surface area contributed by atoms with E-state index in [0.717, 1.165) is 24.6 Å². The Hall–Kier alpha value is -2.12. The molecule has 0 N–H and O–H groups in total. The third-order valence-electron chi connectivity index (χ3n) is 4.04. The van der Waals surface area contributed by atoms with Crippen molar-refractivity contribution >= 4 is 17.7 Å². The third kappa shape index (κ3) is 3.52. The second kappa shape index (κ2) is 7.19. The fraction of sp³-hybridized carbons (Fsp3) is 0.438. The SMILES string of the molecule is CCc1nnc(OC(=O)N2CCN(C)CC2)n1-c1ccc(Cl)cc1. The first kappa shape index (κ1) is 16.7. The number of carbonyl (C=O) groups is 1. The second-order valence-corrected chi connectivity index (χ2v) is 6.16. The van der Waals surface area contributed by atoms with E-state index in [1.54, 1.807) is 21.6 Å². The van der Waals surface area contributed by atoms with E-state index in [1.807, 2.05) is 26.1 Å². The highest BCUT2D eigenvalue weighted by atomic mass is 35.5. The van der Waals surface area contributed by atoms with Crippen molar-refractivity contribution in [2.24, 2.45) is 0 Å². The van der Waals surface area contributed by atoms with Crippen molar-refractivity contribution in [2.75, 3.05) is 33.2 Å². The molecular formula is C16H20ClN5O2. The van der Waals surface area contributed by atoms with Crippen LogP contribution in [0, 0.1) is 0 Å². The van der Waals surface area contributed by atoms with Crippen LogP contribution >= 0.6 is 11.6 Å². The highest BCUT2D eigenvalue weighted by Gasteiger charge is 2.24. The molecule has 7 nitrogen and oxygen atoms in total. The summed E-state index contributed by atoms with van der Waals surface area (Å²) in [7, 11) is 2.04. The lowest BCUT2D eigenvalue weighted by Crippen LogP contribution is -2.48. The van der Waals surface area contributed by atoms with Gasteiger partial charge in [0.25, 0.3) is 0 Å². The first-order chi connectivity index (χ1) is 11.6. The Labute approximate surface area is 145 Å². The average molecular weight is 350 g/mol. The number of halogens is 1. The lowest BCUT2D eigenvalue weighted by Gasteiger charge is -2.31. The van der Waals surface area contributed by atoms with E-state index in [-0.39, 0.29) is 6.01 Å². The van der Waals surface area contributed by atoms with Crippen LogP contribution in [-0.2, 0) is 6.42 Å². The second-order valence-electron chi connectivity index (χ2n) is 5.72. The van der Waals surface area contributed by atoms with Gasteiger partial charge in [0.05, 0.1) is 5.69 Å². The summed E-state index contributed by atoms with van der Waals surface area (Å²) in [5.74, 6) is 0.721. The number of ether oxygens (including phenoxy) is 1. The van der Waals surface area contributed by atoms with Gasteiger partial charge in [-0.05, 0) is 31.3 Å². The van der Waals surface area contributed by atoms with Gasteiger partial charge in [0.1, 0.15) is 5.82 Å². The first-order valence-corrected chi connectivity index (χ1v) is 8.32. The number of carbonyl (C=O) groups excluding carboxylic acids is 1. The number of amides is 1. The molecule has 1 aromatic heterocycles. The minimum Gasteiger partial charge on any atom is -0.374 e. The predicted octanol–water partition coefficient (Wildman–Crippen LogP) is 2.23. The van der Waals surface area contributed by atoms with E-state index in [0.29, 0.717) is 24.5 Å². The summed E-state index contributed by atoms with van der Waals surface area (Å²) in [6.45, 7) is 4.93. The molecule has 0 spiro atoms. The molecule has 1 aliphatic heterocycles. The molecule has 0 bridgehead atoms. The van der Waals surface area contributed by atoms with Crippen molar-refractivity contribution in [2.45, 2.75) is 13.3 Å². The highest BCUT2D eigenvalue weighted by Crippen LogP contribution is 2.21. The molecule has 1 aliphatic rings. The molecular weight excluding hydrogens is 330 g/mol. The quantitative estimate of drug-likeness (QED) is 0.850. The van der Waals surface area contributed by atoms with Crippen LogP contribution in [0.15, 0.2) is 24.3 Å². The molecule has 0 unspecified atom stereocenters. The highest BCUT2D eigenvalue weighted by molar-refractivity contribution is 6.30. The zero-order valence-corrected chi connectivity index (χ0v) is 14.5. The van der Waals surface area contributed by atoms with E-state index < -0.39 is 6.09 Å². The third-order valence-corrected chi connectivity index (χ3v) is 4.29. The van der Waals surface area contributed by atoms with Crippen LogP contribution in [0.1, 0.15) is 12.7 Å². The summed E-state index contributed by atoms with van der Waals surface area (Å²) in [6, 6.07) is 7.43. The molecule has 1 amide bonds. The Balaban J connectivity index is 1.82. The number of rotatable bonds is 3. The van der Waals surface area contributed by atoms with Crippen LogP contribution in [0.3, 0.4) is 0 Å². The van der Waals surface area contributed by atoms with Crippen molar-refractivity contribution in [3.8, 4) is 11.7 Å². The summed E-state index contributed by atoms with van der Waals surface area (Å²) < 4.78 is 7.25. The molecule has 0 saturated carbocycles. The maximum Gasteiger partial charge on any atom is 0.417 e. The number of benzene rings is 1. The van der Waals surface area contributed by atoms with Gasteiger partial charge in [0.15, 0.2) is 0 Å². The summed E-state index contributed by atoms with van der Waals surface area (Å²) in [4.78, 5) is 16.3. The van der Waals surface area contributed by atoms with Crippen LogP contribution < -0.4 is 4.74 Å². The number of nitrogens with zero attached hydrogens (tertiary/aromatic N) is 5. The van der Waals surface area contributed by atoms with E-state index in [4.69, 9.17) is 16.3 Å². The molecule has 2 heterocycles. The number of aryl methyl sites for hydroxylation is 1. The summed E-state index contributed by atoms with van der Waals surface area (Å²) >= 11 is 5.95. The minimum absolute atomic E-state index is 0.179. The van der Waals surface area contributed by atoms with Crippen molar-refractivity contribution in [3.05, 3.63) is 35.1 Å². The number of hydrogen-bond acceptors (Lipinski definition) is 5. The van der Waals surface area contributed by atoms with Gasteiger partial charge in [0.2, 0.25) is 0 Å². The van der Waals surface area contributed by atoms with E-state index in [2.05, 4.69) is 15.1 Å². The van der Waals surface area contributed by atoms with Crippen LogP contribution in [-0.4, -0.2) is 63.9 Å². The largest absolute Gasteiger partial charge is 0.417 e. The smallest absolute Gasteiger partial charge is 0.374 e. The van der Waals surface area contributed by atoms with Crippen LogP contribution in [0.5, 0.6) is 6.01 Å². The molecule has 128 valence electrons. The molecule has 1 aromatic carbocycles. The molecule has 8 heteroatoms. The Morgan fingerprint density at radius 3 is 2.46 bits per heavy atom. The standard InChI is InChI=1S/C16H20ClN5O2/c1-3-14-18-19-15(22(14)13-6-4-12(17)5-7-13)24-16(23)21-10-8-20(2)9-11-21/h4-7H,3,8-11H2,1-2H3. The molecule has 0 atom stereocenters. The molecule has 1 saturated heterocycles. The van der Waals surface area contributed by atoms with Crippen molar-refractivity contribution in [1.29, 1.82) is 0 Å². The fourth-order valence-electron chi connectivity index (χ4n) is 2.58. The van der Waals surface area contributed by atoms with Crippen LogP contribution in [0.25, 0.3) is 5.69 Å². The molecule has 2 aromatic rings. The maximum absolute atomic E-state index is 12.4. The Kier molecular flexibility index (Phi) is 5.01. The lowest BCUT2D eigenvalue weighted by molar-refractivity contribution is 0.117. The van der Waals surface area contributed by atoms with Gasteiger partial charge in [-0.15, -0.1) is 5.10 Å². The summed E-state index contributed by atoms with van der Waals surface area (Å²) in [5, 5.41) is 8.79. The summed E-state index contributed by atoms with van der Waals surface area (Å²) in [5.41, 5.74) is 0.808. The average Bonchev–Trinajstić information content (AvgIpc) is 2.99. The zero-order chi connectivity index (χ0) is 17.1. The Bertz CT molecular complexity index is 708. The van der Waals surface area contributed by atoms with Gasteiger partial charge in [0, 0.05) is 37.6 Å². The topological polar surface area (TPSA) is 63.5 Å². The van der Waals surface area contributed by atoms with Gasteiger partial charge in [-0.3, -0.25) is 0 Å². The van der Waals surface area contributed by atoms with Crippen LogP contribution in [0.2, 0.25) is 5.02 Å². The monoisotopic (exact) mass is 349 g/mol. The number of hydrogen-bond donors (Lipinski definition) is 0. The molecule has 0 radical (unpaired) electrons. The molecule has 0 aliphatic carbocycles. The zero-order valence-electron chi connectivity index (χ0n) is 13.8. The molecule has 3 rings (SSSR count). The van der Waals surface area contributed by atoms with Gasteiger partial charge in [-0.25, -0.2) is 9.36 Å². The molecule has 1 fully saturated rings. The van der Waals surface area contributed by atoms with Crippen LogP contribution in [0.4, 0.5) is 4.79 Å². The normalized spacial score (nSPS) is 15.5.